The first-order valence-corrected chi connectivity index (χ1v) is 45.1. The molecule has 2 heterocycles. The molecule has 0 N–H and O–H groups in total. The van der Waals surface area contributed by atoms with Crippen LogP contribution >= 0.6 is 0 Å². The molecule has 0 amide bonds. The Morgan fingerprint density at radius 3 is 1.08 bits per heavy atom. The largest absolute Gasteiger partial charge is 0.455 e. The Labute approximate surface area is 378 Å². The summed E-state index contributed by atoms with van der Waals surface area (Å²) >= 11 is 0. The molecule has 5 aliphatic carbocycles. The van der Waals surface area contributed by atoms with E-state index in [1.165, 1.54) is 152 Å². The van der Waals surface area contributed by atoms with Gasteiger partial charge < -0.3 is 21.8 Å². The lowest BCUT2D eigenvalue weighted by atomic mass is 9.71. The van der Waals surface area contributed by atoms with Crippen LogP contribution in [0.15, 0.2) is 0 Å². The molecule has 0 spiro atoms. The van der Waals surface area contributed by atoms with Gasteiger partial charge in [0.2, 0.25) is 0 Å². The lowest BCUT2D eigenvalue weighted by molar-refractivity contribution is 0.164. The van der Waals surface area contributed by atoms with E-state index in [9.17, 15) is 0 Å². The van der Waals surface area contributed by atoms with E-state index in [4.69, 9.17) is 21.8 Å². The number of epoxide rings is 2. The molecule has 12 atom stereocenters. The first-order chi connectivity index (χ1) is 28.0. The van der Waals surface area contributed by atoms with Crippen LogP contribution in [0.4, 0.5) is 0 Å². The van der Waals surface area contributed by atoms with Crippen LogP contribution in [0.5, 0.6) is 0 Å². The maximum Gasteiger partial charge on any atom is 0.173 e. The molecule has 0 aromatic heterocycles. The SMILES string of the molecule is C[Si](C)(CCC1CCC(CC[Si](C)(C)O[Si](C)(C)CCC2CCC3CC3C2)C(CC[Si](C)(C)O[Si](C)(C)CCC2CCC3OC3C2)C1)O[Si](C)(C)CCC1CCC2OC2C1. The Morgan fingerprint density at radius 2 is 0.667 bits per heavy atom. The molecule has 7 aliphatic rings. The zero-order valence-electron chi connectivity index (χ0n) is 41.6. The average molecular weight is 936 g/mol. The van der Waals surface area contributed by atoms with Gasteiger partial charge in [-0.1, -0.05) is 51.4 Å². The third kappa shape index (κ3) is 15.6. The molecule has 348 valence electrons. The Morgan fingerprint density at radius 1 is 0.317 bits per heavy atom. The van der Waals surface area contributed by atoms with Gasteiger partial charge in [0, 0.05) is 0 Å². The molecule has 12 unspecified atom stereocenters. The Balaban J connectivity index is 0.902. The van der Waals surface area contributed by atoms with Crippen molar-refractivity contribution < 1.29 is 21.8 Å². The third-order valence-electron chi connectivity index (χ3n) is 17.6. The molecular formula is C49H98O5Si6. The second kappa shape index (κ2) is 19.7. The minimum atomic E-state index is -1.77. The molecule has 0 radical (unpaired) electrons. The molecule has 0 bridgehead atoms. The second-order valence-corrected chi connectivity index (χ2v) is 53.1. The van der Waals surface area contributed by atoms with Crippen molar-refractivity contribution in [2.75, 3.05) is 0 Å². The summed E-state index contributed by atoms with van der Waals surface area (Å²) < 4.78 is 33.8. The summed E-state index contributed by atoms with van der Waals surface area (Å²) in [5.41, 5.74) is 0. The van der Waals surface area contributed by atoms with E-state index in [0.717, 1.165) is 47.3 Å². The van der Waals surface area contributed by atoms with E-state index in [0.29, 0.717) is 24.4 Å². The Kier molecular flexibility index (Phi) is 16.1. The van der Waals surface area contributed by atoms with Crippen LogP contribution in [-0.2, 0) is 21.8 Å². The van der Waals surface area contributed by atoms with E-state index in [2.05, 4.69) is 78.6 Å². The van der Waals surface area contributed by atoms with Crippen molar-refractivity contribution >= 4 is 49.9 Å². The van der Waals surface area contributed by atoms with Gasteiger partial charge in [-0.2, -0.15) is 0 Å². The topological polar surface area (TPSA) is 52.8 Å². The number of rotatable bonds is 24. The maximum atomic E-state index is 7.38. The summed E-state index contributed by atoms with van der Waals surface area (Å²) in [6.45, 7) is 30.7. The van der Waals surface area contributed by atoms with Crippen LogP contribution in [-0.4, -0.2) is 74.3 Å². The van der Waals surface area contributed by atoms with Crippen molar-refractivity contribution in [1.82, 2.24) is 0 Å². The monoisotopic (exact) mass is 935 g/mol. The van der Waals surface area contributed by atoms with E-state index in [1.807, 2.05) is 0 Å². The molecule has 7 rings (SSSR count). The minimum Gasteiger partial charge on any atom is -0.455 e. The summed E-state index contributed by atoms with van der Waals surface area (Å²) in [7, 11) is -10.2. The molecule has 0 aromatic rings. The number of ether oxygens (including phenoxy) is 2. The molecule has 60 heavy (non-hydrogen) atoms. The molecule has 11 heteroatoms. The van der Waals surface area contributed by atoms with E-state index in [-0.39, 0.29) is 0 Å². The molecule has 5 nitrogen and oxygen atoms in total. The first kappa shape index (κ1) is 49.0. The van der Waals surface area contributed by atoms with Gasteiger partial charge >= 0.3 is 0 Å². The maximum absolute atomic E-state index is 7.38. The highest BCUT2D eigenvalue weighted by Gasteiger charge is 2.47. The zero-order chi connectivity index (χ0) is 43.1. The summed E-state index contributed by atoms with van der Waals surface area (Å²) in [6, 6.07) is 8.10. The first-order valence-electron chi connectivity index (χ1n) is 26.4. The Bertz CT molecular complexity index is 1390. The fourth-order valence-electron chi connectivity index (χ4n) is 14.0. The van der Waals surface area contributed by atoms with Gasteiger partial charge in [0.05, 0.1) is 24.4 Å². The van der Waals surface area contributed by atoms with Crippen molar-refractivity contribution in [3.8, 4) is 0 Å². The van der Waals surface area contributed by atoms with Crippen LogP contribution in [0.1, 0.15) is 122 Å². The molecular weight excluding hydrogens is 837 g/mol. The van der Waals surface area contributed by atoms with Crippen LogP contribution < -0.4 is 0 Å². The summed E-state index contributed by atoms with van der Waals surface area (Å²) in [4.78, 5) is 0. The molecule has 7 fully saturated rings. The summed E-state index contributed by atoms with van der Waals surface area (Å²) in [5.74, 6) is 7.55. The van der Waals surface area contributed by atoms with E-state index < -0.39 is 49.9 Å². The number of fused-ring (bicyclic) bond motifs is 3. The molecule has 2 saturated heterocycles. The molecule has 0 aromatic carbocycles. The quantitative estimate of drug-likeness (QED) is 0.0713. The van der Waals surface area contributed by atoms with Crippen LogP contribution in [0, 0.1) is 47.3 Å². The van der Waals surface area contributed by atoms with Crippen LogP contribution in [0.2, 0.25) is 115 Å². The predicted molar refractivity (Wildman–Crippen MR) is 270 cm³/mol. The van der Waals surface area contributed by atoms with Crippen molar-refractivity contribution in [3.63, 3.8) is 0 Å². The third-order valence-corrected chi connectivity index (χ3v) is 39.9. The number of hydrogen-bond donors (Lipinski definition) is 0. The summed E-state index contributed by atoms with van der Waals surface area (Å²) in [6.07, 6.45) is 29.3. The average Bonchev–Trinajstić information content (AvgIpc) is 4.04. The number of hydrogen-bond acceptors (Lipinski definition) is 5. The normalized spacial score (nSPS) is 36.0. The van der Waals surface area contributed by atoms with Gasteiger partial charge in [0.1, 0.15) is 0 Å². The predicted octanol–water partition coefficient (Wildman–Crippen LogP) is 15.2. The zero-order valence-corrected chi connectivity index (χ0v) is 47.6. The van der Waals surface area contributed by atoms with Crippen LogP contribution in [0.3, 0.4) is 0 Å². The van der Waals surface area contributed by atoms with Gasteiger partial charge in [0.15, 0.2) is 49.9 Å². The second-order valence-electron chi connectivity index (χ2n) is 26.5. The molecule has 5 saturated carbocycles. The lowest BCUT2D eigenvalue weighted by Crippen LogP contribution is -2.45. The van der Waals surface area contributed by atoms with Crippen molar-refractivity contribution in [2.24, 2.45) is 47.3 Å². The van der Waals surface area contributed by atoms with Gasteiger partial charge in [-0.3, -0.25) is 0 Å². The fourth-order valence-corrected chi connectivity index (χ4v) is 40.9. The van der Waals surface area contributed by atoms with Gasteiger partial charge in [-0.25, -0.2) is 0 Å². The van der Waals surface area contributed by atoms with Crippen molar-refractivity contribution in [3.05, 3.63) is 0 Å². The van der Waals surface area contributed by atoms with E-state index in [1.54, 1.807) is 6.42 Å². The minimum absolute atomic E-state index is 0.602. The van der Waals surface area contributed by atoms with Gasteiger partial charge in [-0.05, 0) is 233 Å². The van der Waals surface area contributed by atoms with E-state index >= 15 is 0 Å². The highest BCUT2D eigenvalue weighted by Crippen LogP contribution is 2.53. The lowest BCUT2D eigenvalue weighted by Gasteiger charge is -2.42. The van der Waals surface area contributed by atoms with Crippen molar-refractivity contribution in [2.45, 2.75) is 261 Å². The van der Waals surface area contributed by atoms with Crippen molar-refractivity contribution in [1.29, 1.82) is 0 Å². The van der Waals surface area contributed by atoms with Gasteiger partial charge in [0.25, 0.3) is 0 Å². The smallest absolute Gasteiger partial charge is 0.173 e. The highest BCUT2D eigenvalue weighted by molar-refractivity contribution is 6.86. The highest BCUT2D eigenvalue weighted by atomic mass is 28.4. The molecule has 2 aliphatic heterocycles. The summed E-state index contributed by atoms with van der Waals surface area (Å²) in [5, 5.41) is 0. The Hall–Kier alpha value is 1.10. The van der Waals surface area contributed by atoms with Gasteiger partial charge in [-0.15, -0.1) is 0 Å². The standard InChI is InChI=1S/C49H98O5Si6/c1-55(2,52-57(5,6)29-23-40-15-19-46-48(35-40)50-46)27-21-38-13-17-42(25-31-59(9,10)53-56(3,4)28-22-39-14-18-43-37-45(43)34-39)44(33-38)26-32-60(11,12)54-58(7,8)30-24-41-16-20-47-49(36-41)51-47/h38-49H,13-37H2,1-12H3. The fraction of sp³-hybridized carbons (Fsp3) is 1.00. The van der Waals surface area contributed by atoms with Crippen LogP contribution in [0.25, 0.3) is 0 Å².